The molecule has 0 fully saturated rings. The number of aliphatic hydroxyl groups excluding tert-OH is 1. The third-order valence-corrected chi connectivity index (χ3v) is 4.41. The normalized spacial score (nSPS) is 15.9. The molecule has 1 N–H and O–H groups in total. The first-order chi connectivity index (χ1) is 7.89. The van der Waals surface area contributed by atoms with Crippen molar-refractivity contribution in [2.75, 3.05) is 6.26 Å². The maximum atomic E-state index is 11.4. The van der Waals surface area contributed by atoms with E-state index in [-0.39, 0.29) is 0 Å². The summed E-state index contributed by atoms with van der Waals surface area (Å²) in [5, 5.41) is 9.10. The summed E-state index contributed by atoms with van der Waals surface area (Å²) in [6.07, 6.45) is 3.44. The Bertz CT molecular complexity index is 600. The second kappa shape index (κ2) is 4.12. The molecule has 0 amide bonds. The SMILES string of the molecule is C[C@@H]([C@@H](O)c1cn2ccccc2n1)S(C)(=O)=O. The van der Waals surface area contributed by atoms with Crippen LogP contribution in [0.25, 0.3) is 5.65 Å². The lowest BCUT2D eigenvalue weighted by atomic mass is 10.2. The topological polar surface area (TPSA) is 71.7 Å². The molecule has 17 heavy (non-hydrogen) atoms. The molecule has 0 aliphatic rings. The molecule has 92 valence electrons. The fraction of sp³-hybridized carbons (Fsp3) is 0.364. The van der Waals surface area contributed by atoms with Crippen molar-refractivity contribution in [3.8, 4) is 0 Å². The molecule has 0 bridgehead atoms. The summed E-state index contributed by atoms with van der Waals surface area (Å²) in [7, 11) is -3.29. The highest BCUT2D eigenvalue weighted by Gasteiger charge is 2.27. The van der Waals surface area contributed by atoms with E-state index < -0.39 is 21.2 Å². The van der Waals surface area contributed by atoms with Gasteiger partial charge in [-0.25, -0.2) is 13.4 Å². The van der Waals surface area contributed by atoms with Gasteiger partial charge in [-0.2, -0.15) is 0 Å². The van der Waals surface area contributed by atoms with Crippen LogP contribution >= 0.6 is 0 Å². The first kappa shape index (κ1) is 12.1. The highest BCUT2D eigenvalue weighted by atomic mass is 32.2. The molecular weight excluding hydrogens is 240 g/mol. The van der Waals surface area contributed by atoms with Crippen LogP contribution in [-0.4, -0.2) is 34.4 Å². The van der Waals surface area contributed by atoms with Crippen molar-refractivity contribution in [2.45, 2.75) is 18.3 Å². The van der Waals surface area contributed by atoms with Gasteiger partial charge >= 0.3 is 0 Å². The van der Waals surface area contributed by atoms with Crippen molar-refractivity contribution in [2.24, 2.45) is 0 Å². The van der Waals surface area contributed by atoms with Gasteiger partial charge in [-0.05, 0) is 19.1 Å². The van der Waals surface area contributed by atoms with Crippen molar-refractivity contribution in [3.05, 3.63) is 36.3 Å². The molecule has 2 aromatic rings. The van der Waals surface area contributed by atoms with Crippen LogP contribution in [0.15, 0.2) is 30.6 Å². The quantitative estimate of drug-likeness (QED) is 0.879. The number of fused-ring (bicyclic) bond motifs is 1. The smallest absolute Gasteiger partial charge is 0.152 e. The number of aromatic nitrogens is 2. The van der Waals surface area contributed by atoms with Crippen LogP contribution in [0.4, 0.5) is 0 Å². The van der Waals surface area contributed by atoms with Crippen LogP contribution in [0.5, 0.6) is 0 Å². The predicted octanol–water partition coefficient (Wildman–Crippen LogP) is 0.801. The Balaban J connectivity index is 2.40. The van der Waals surface area contributed by atoms with Gasteiger partial charge in [-0.15, -0.1) is 0 Å². The van der Waals surface area contributed by atoms with Crippen LogP contribution in [0.2, 0.25) is 0 Å². The molecule has 0 aromatic carbocycles. The molecule has 0 aliphatic heterocycles. The molecule has 2 heterocycles. The Morgan fingerprint density at radius 3 is 2.71 bits per heavy atom. The van der Waals surface area contributed by atoms with E-state index >= 15 is 0 Å². The number of hydrogen-bond acceptors (Lipinski definition) is 4. The molecule has 0 radical (unpaired) electrons. The molecular formula is C11H14N2O3S. The molecule has 2 aromatic heterocycles. The van der Waals surface area contributed by atoms with E-state index in [0.717, 1.165) is 6.26 Å². The summed E-state index contributed by atoms with van der Waals surface area (Å²) in [5.74, 6) is 0. The molecule has 0 saturated heterocycles. The Morgan fingerprint density at radius 1 is 1.41 bits per heavy atom. The van der Waals surface area contributed by atoms with E-state index in [4.69, 9.17) is 0 Å². The van der Waals surface area contributed by atoms with E-state index in [2.05, 4.69) is 4.98 Å². The number of nitrogens with zero attached hydrogens (tertiary/aromatic N) is 2. The lowest BCUT2D eigenvalue weighted by Crippen LogP contribution is -2.24. The van der Waals surface area contributed by atoms with E-state index in [1.807, 2.05) is 12.1 Å². The maximum Gasteiger partial charge on any atom is 0.152 e. The van der Waals surface area contributed by atoms with Crippen LogP contribution in [0, 0.1) is 0 Å². The summed E-state index contributed by atoms with van der Waals surface area (Å²) >= 11 is 0. The Hall–Kier alpha value is -1.40. The van der Waals surface area contributed by atoms with Gasteiger partial charge in [0.2, 0.25) is 0 Å². The molecule has 2 rings (SSSR count). The van der Waals surface area contributed by atoms with Gasteiger partial charge in [0.05, 0.1) is 10.9 Å². The van der Waals surface area contributed by atoms with Gasteiger partial charge in [-0.3, -0.25) is 0 Å². The summed E-state index contributed by atoms with van der Waals surface area (Å²) in [6, 6.07) is 5.46. The minimum atomic E-state index is -3.29. The largest absolute Gasteiger partial charge is 0.385 e. The Kier molecular flexibility index (Phi) is 2.92. The van der Waals surface area contributed by atoms with Gasteiger partial charge < -0.3 is 9.51 Å². The molecule has 0 aliphatic carbocycles. The summed E-state index contributed by atoms with van der Waals surface area (Å²) in [5.41, 5.74) is 1.05. The number of imidazole rings is 1. The van der Waals surface area contributed by atoms with E-state index in [9.17, 15) is 13.5 Å². The Labute approximate surface area is 99.6 Å². The number of sulfone groups is 1. The summed E-state index contributed by atoms with van der Waals surface area (Å²) in [6.45, 7) is 1.48. The van der Waals surface area contributed by atoms with Crippen molar-refractivity contribution in [1.82, 2.24) is 9.38 Å². The lowest BCUT2D eigenvalue weighted by molar-refractivity contribution is 0.172. The van der Waals surface area contributed by atoms with Crippen molar-refractivity contribution in [1.29, 1.82) is 0 Å². The summed E-state index contributed by atoms with van der Waals surface area (Å²) < 4.78 is 24.5. The standard InChI is InChI=1S/C11H14N2O3S/c1-8(17(2,15)16)11(14)9-7-13-6-4-3-5-10(13)12-9/h3-8,11,14H,1-2H3/t8-,11+/m0/s1. The maximum absolute atomic E-state index is 11.4. The van der Waals surface area contributed by atoms with Gasteiger partial charge in [0, 0.05) is 18.6 Å². The highest BCUT2D eigenvalue weighted by molar-refractivity contribution is 7.91. The third-order valence-electron chi connectivity index (χ3n) is 2.81. The monoisotopic (exact) mass is 254 g/mol. The molecule has 5 nitrogen and oxygen atoms in total. The van der Waals surface area contributed by atoms with Gasteiger partial charge in [0.15, 0.2) is 9.84 Å². The molecule has 0 spiro atoms. The van der Waals surface area contributed by atoms with Crippen LogP contribution in [0.1, 0.15) is 18.7 Å². The van der Waals surface area contributed by atoms with Gasteiger partial charge in [0.1, 0.15) is 11.8 Å². The number of rotatable bonds is 3. The zero-order valence-electron chi connectivity index (χ0n) is 9.61. The fourth-order valence-electron chi connectivity index (χ4n) is 1.57. The first-order valence-electron chi connectivity index (χ1n) is 5.20. The van der Waals surface area contributed by atoms with Crippen molar-refractivity contribution in [3.63, 3.8) is 0 Å². The predicted molar refractivity (Wildman–Crippen MR) is 64.5 cm³/mol. The number of pyridine rings is 1. The molecule has 6 heteroatoms. The van der Waals surface area contributed by atoms with Crippen molar-refractivity contribution >= 4 is 15.5 Å². The van der Waals surface area contributed by atoms with E-state index in [1.54, 1.807) is 22.9 Å². The molecule has 0 unspecified atom stereocenters. The van der Waals surface area contributed by atoms with Crippen LogP contribution < -0.4 is 0 Å². The zero-order chi connectivity index (χ0) is 12.6. The second-order valence-corrected chi connectivity index (χ2v) is 6.51. The highest BCUT2D eigenvalue weighted by Crippen LogP contribution is 2.21. The summed E-state index contributed by atoms with van der Waals surface area (Å²) in [4.78, 5) is 4.20. The van der Waals surface area contributed by atoms with E-state index in [1.165, 1.54) is 6.92 Å². The first-order valence-corrected chi connectivity index (χ1v) is 7.15. The third kappa shape index (κ3) is 2.32. The fourth-order valence-corrected chi connectivity index (χ4v) is 2.18. The molecule has 2 atom stereocenters. The number of aliphatic hydroxyl groups is 1. The second-order valence-electron chi connectivity index (χ2n) is 4.11. The minimum absolute atomic E-state index is 0.370. The van der Waals surface area contributed by atoms with Gasteiger partial charge in [0.25, 0.3) is 0 Å². The minimum Gasteiger partial charge on any atom is -0.385 e. The molecule has 0 saturated carbocycles. The van der Waals surface area contributed by atoms with E-state index in [0.29, 0.717) is 11.3 Å². The average molecular weight is 254 g/mol. The van der Waals surface area contributed by atoms with Crippen molar-refractivity contribution < 1.29 is 13.5 Å². The lowest BCUT2D eigenvalue weighted by Gasteiger charge is -2.14. The van der Waals surface area contributed by atoms with Crippen LogP contribution in [0.3, 0.4) is 0 Å². The zero-order valence-corrected chi connectivity index (χ0v) is 10.4. The number of hydrogen-bond donors (Lipinski definition) is 1. The van der Waals surface area contributed by atoms with Crippen LogP contribution in [-0.2, 0) is 9.84 Å². The Morgan fingerprint density at radius 2 is 2.12 bits per heavy atom. The van der Waals surface area contributed by atoms with Gasteiger partial charge in [-0.1, -0.05) is 6.07 Å². The average Bonchev–Trinajstić information content (AvgIpc) is 2.69.